The Hall–Kier alpha value is -4.17. The third-order valence-electron chi connectivity index (χ3n) is 5.60. The van der Waals surface area contributed by atoms with E-state index in [0.29, 0.717) is 21.8 Å². The van der Waals surface area contributed by atoms with Crippen molar-refractivity contribution < 1.29 is 19.6 Å². The summed E-state index contributed by atoms with van der Waals surface area (Å²) in [6.07, 6.45) is 0. The second-order valence-corrected chi connectivity index (χ2v) is 8.38. The lowest BCUT2D eigenvalue weighted by atomic mass is 9.95. The molecule has 0 unspecified atom stereocenters. The van der Waals surface area contributed by atoms with Crippen LogP contribution in [0.4, 0.5) is 17.1 Å². The van der Waals surface area contributed by atoms with Crippen LogP contribution in [0.15, 0.2) is 78.4 Å². The molecule has 8 nitrogen and oxygen atoms in total. The number of halogens is 1. The standard InChI is InChI=1S/C25H20ClN3O5/c1-27(2)18-10-12-19(13-11-18)28-22(16-4-3-5-20(14-16)29(33)34)21(24(31)25(28)32)23(30)15-6-8-17(26)9-7-15/h3-14,22,30H,1-2H3/b23-21+/t22-/m0/s1. The zero-order valence-corrected chi connectivity index (χ0v) is 19.1. The van der Waals surface area contributed by atoms with Crippen LogP contribution < -0.4 is 9.80 Å². The molecule has 172 valence electrons. The zero-order valence-electron chi connectivity index (χ0n) is 18.3. The lowest BCUT2D eigenvalue weighted by Crippen LogP contribution is -2.29. The van der Waals surface area contributed by atoms with E-state index < -0.39 is 22.7 Å². The van der Waals surface area contributed by atoms with Crippen LogP contribution in [0.2, 0.25) is 5.02 Å². The number of aliphatic hydroxyl groups excluding tert-OH is 1. The number of hydrogen-bond acceptors (Lipinski definition) is 6. The van der Waals surface area contributed by atoms with Crippen molar-refractivity contribution in [2.24, 2.45) is 0 Å². The van der Waals surface area contributed by atoms with E-state index in [4.69, 9.17) is 11.6 Å². The van der Waals surface area contributed by atoms with Gasteiger partial charge in [0.1, 0.15) is 5.76 Å². The Morgan fingerprint density at radius 2 is 1.68 bits per heavy atom. The van der Waals surface area contributed by atoms with Crippen molar-refractivity contribution in [1.29, 1.82) is 0 Å². The van der Waals surface area contributed by atoms with Crippen LogP contribution in [0.1, 0.15) is 17.2 Å². The molecule has 34 heavy (non-hydrogen) atoms. The highest BCUT2D eigenvalue weighted by molar-refractivity contribution is 6.51. The van der Waals surface area contributed by atoms with Crippen LogP contribution >= 0.6 is 11.6 Å². The number of nitro benzene ring substituents is 1. The Morgan fingerprint density at radius 3 is 2.26 bits per heavy atom. The third-order valence-corrected chi connectivity index (χ3v) is 5.86. The second kappa shape index (κ2) is 8.99. The summed E-state index contributed by atoms with van der Waals surface area (Å²) in [5.41, 5.74) is 1.55. The molecule has 0 radical (unpaired) electrons. The Kier molecular flexibility index (Phi) is 6.08. The average Bonchev–Trinajstić information content (AvgIpc) is 3.09. The maximum absolute atomic E-state index is 13.2. The largest absolute Gasteiger partial charge is 0.507 e. The van der Waals surface area contributed by atoms with E-state index in [1.165, 1.54) is 35.2 Å². The molecule has 1 atom stereocenters. The molecule has 0 aromatic heterocycles. The van der Waals surface area contributed by atoms with Crippen molar-refractivity contribution in [2.75, 3.05) is 23.9 Å². The highest BCUT2D eigenvalue weighted by Gasteiger charge is 2.47. The molecule has 9 heteroatoms. The van der Waals surface area contributed by atoms with Crippen molar-refractivity contribution >= 4 is 46.1 Å². The van der Waals surface area contributed by atoms with Crippen LogP contribution in [0.5, 0.6) is 0 Å². The minimum Gasteiger partial charge on any atom is -0.507 e. The molecule has 3 aromatic carbocycles. The van der Waals surface area contributed by atoms with Crippen LogP contribution in [-0.4, -0.2) is 35.8 Å². The first-order valence-corrected chi connectivity index (χ1v) is 10.7. The van der Waals surface area contributed by atoms with E-state index in [1.54, 1.807) is 42.5 Å². The molecule has 0 bridgehead atoms. The molecule has 1 saturated heterocycles. The lowest BCUT2D eigenvalue weighted by Gasteiger charge is -2.26. The molecule has 1 heterocycles. The molecule has 1 amide bonds. The van der Waals surface area contributed by atoms with E-state index in [2.05, 4.69) is 0 Å². The predicted molar refractivity (Wildman–Crippen MR) is 130 cm³/mol. The number of non-ortho nitro benzene ring substituents is 1. The van der Waals surface area contributed by atoms with Crippen LogP contribution in [0.25, 0.3) is 5.76 Å². The smallest absolute Gasteiger partial charge is 0.300 e. The first-order valence-electron chi connectivity index (χ1n) is 10.3. The molecule has 0 saturated carbocycles. The van der Waals surface area contributed by atoms with E-state index in [0.717, 1.165) is 5.69 Å². The summed E-state index contributed by atoms with van der Waals surface area (Å²) in [6, 6.07) is 17.7. The lowest BCUT2D eigenvalue weighted by molar-refractivity contribution is -0.384. The van der Waals surface area contributed by atoms with Gasteiger partial charge in [0.2, 0.25) is 0 Å². The molecular formula is C25H20ClN3O5. The summed E-state index contributed by atoms with van der Waals surface area (Å²) < 4.78 is 0. The maximum atomic E-state index is 13.2. The van der Waals surface area contributed by atoms with Gasteiger partial charge in [-0.15, -0.1) is 0 Å². The number of ketones is 1. The molecule has 0 aliphatic carbocycles. The van der Waals surface area contributed by atoms with E-state index in [-0.39, 0.29) is 17.0 Å². The highest BCUT2D eigenvalue weighted by Crippen LogP contribution is 2.43. The van der Waals surface area contributed by atoms with E-state index in [9.17, 15) is 24.8 Å². The molecule has 1 aliphatic heterocycles. The van der Waals surface area contributed by atoms with Crippen molar-refractivity contribution in [3.8, 4) is 0 Å². The minimum absolute atomic E-state index is 0.162. The van der Waals surface area contributed by atoms with Crippen LogP contribution in [0, 0.1) is 10.1 Å². The third kappa shape index (κ3) is 4.11. The minimum atomic E-state index is -1.07. The quantitative estimate of drug-likeness (QED) is 0.183. The summed E-state index contributed by atoms with van der Waals surface area (Å²) in [5, 5.41) is 22.9. The molecular weight excluding hydrogens is 458 g/mol. The van der Waals surface area contributed by atoms with Gasteiger partial charge in [-0.1, -0.05) is 23.7 Å². The van der Waals surface area contributed by atoms with Crippen molar-refractivity contribution in [1.82, 2.24) is 0 Å². The van der Waals surface area contributed by atoms with Gasteiger partial charge in [0.15, 0.2) is 0 Å². The van der Waals surface area contributed by atoms with Gasteiger partial charge in [-0.25, -0.2) is 0 Å². The Morgan fingerprint density at radius 1 is 1.03 bits per heavy atom. The van der Waals surface area contributed by atoms with Gasteiger partial charge in [-0.05, 0) is 54.1 Å². The van der Waals surface area contributed by atoms with Gasteiger partial charge in [0.05, 0.1) is 16.5 Å². The van der Waals surface area contributed by atoms with Crippen molar-refractivity contribution in [2.45, 2.75) is 6.04 Å². The molecule has 3 aromatic rings. The number of carbonyl (C=O) groups is 2. The first-order chi connectivity index (χ1) is 16.2. The van der Waals surface area contributed by atoms with Crippen LogP contribution in [0.3, 0.4) is 0 Å². The molecule has 0 spiro atoms. The normalized spacial score (nSPS) is 17.1. The Labute approximate surface area is 200 Å². The SMILES string of the molecule is CN(C)c1ccc(N2C(=O)C(=O)/C(=C(/O)c3ccc(Cl)cc3)[C@@H]2c2cccc([N+](=O)[O-])c2)cc1. The van der Waals surface area contributed by atoms with Crippen LogP contribution in [-0.2, 0) is 9.59 Å². The molecule has 1 fully saturated rings. The molecule has 4 rings (SSSR count). The number of benzene rings is 3. The Bertz CT molecular complexity index is 1320. The number of carbonyl (C=O) groups excluding carboxylic acids is 2. The summed E-state index contributed by atoms with van der Waals surface area (Å²) in [6.45, 7) is 0. The van der Waals surface area contributed by atoms with E-state index in [1.807, 2.05) is 19.0 Å². The Balaban J connectivity index is 1.93. The fourth-order valence-electron chi connectivity index (χ4n) is 3.90. The van der Waals surface area contributed by atoms with Gasteiger partial charge < -0.3 is 10.0 Å². The van der Waals surface area contributed by atoms with Gasteiger partial charge in [0.25, 0.3) is 17.4 Å². The fourth-order valence-corrected chi connectivity index (χ4v) is 4.02. The second-order valence-electron chi connectivity index (χ2n) is 7.94. The van der Waals surface area contributed by atoms with Gasteiger partial charge >= 0.3 is 0 Å². The summed E-state index contributed by atoms with van der Waals surface area (Å²) in [5.74, 6) is -2.12. The highest BCUT2D eigenvalue weighted by atomic mass is 35.5. The molecule has 1 aliphatic rings. The number of rotatable bonds is 5. The molecule has 1 N–H and O–H groups in total. The number of nitrogens with zero attached hydrogens (tertiary/aromatic N) is 3. The van der Waals surface area contributed by atoms with Gasteiger partial charge in [-0.2, -0.15) is 0 Å². The number of anilines is 2. The van der Waals surface area contributed by atoms with Gasteiger partial charge in [0, 0.05) is 48.2 Å². The number of Topliss-reactive ketones (excluding diaryl/α,β-unsaturated/α-hetero) is 1. The fraction of sp³-hybridized carbons (Fsp3) is 0.120. The van der Waals surface area contributed by atoms with E-state index >= 15 is 0 Å². The average molecular weight is 478 g/mol. The number of amides is 1. The first kappa shape index (κ1) is 23.0. The number of hydrogen-bond donors (Lipinski definition) is 1. The summed E-state index contributed by atoms with van der Waals surface area (Å²) in [4.78, 5) is 40.3. The summed E-state index contributed by atoms with van der Waals surface area (Å²) in [7, 11) is 3.74. The monoisotopic (exact) mass is 477 g/mol. The summed E-state index contributed by atoms with van der Waals surface area (Å²) >= 11 is 5.94. The van der Waals surface area contributed by atoms with Gasteiger partial charge in [-0.3, -0.25) is 24.6 Å². The maximum Gasteiger partial charge on any atom is 0.300 e. The van der Waals surface area contributed by atoms with Crippen molar-refractivity contribution in [3.63, 3.8) is 0 Å². The number of aliphatic hydroxyl groups is 1. The number of nitro groups is 1. The van der Waals surface area contributed by atoms with Crippen molar-refractivity contribution in [3.05, 3.63) is 105 Å². The zero-order chi connectivity index (χ0) is 24.6. The topological polar surface area (TPSA) is 104 Å². The predicted octanol–water partition coefficient (Wildman–Crippen LogP) is 4.94.